The summed E-state index contributed by atoms with van der Waals surface area (Å²) in [5.74, 6) is 0. The molecule has 0 aliphatic rings. The summed E-state index contributed by atoms with van der Waals surface area (Å²) in [6, 6.07) is 0.254. The van der Waals surface area contributed by atoms with Crippen LogP contribution in [-0.4, -0.2) is 25.3 Å². The second-order valence-electron chi connectivity index (χ2n) is 3.92. The highest BCUT2D eigenvalue weighted by atomic mass is 16.5. The molecule has 2 aromatic rings. The van der Waals surface area contributed by atoms with E-state index in [9.17, 15) is 9.59 Å². The zero-order valence-electron chi connectivity index (χ0n) is 10.8. The van der Waals surface area contributed by atoms with Crippen LogP contribution in [0.4, 0.5) is 0 Å². The fourth-order valence-corrected chi connectivity index (χ4v) is 1.81. The van der Waals surface area contributed by atoms with E-state index in [1.807, 2.05) is 0 Å². The third kappa shape index (κ3) is 1.79. The van der Waals surface area contributed by atoms with E-state index >= 15 is 0 Å². The van der Waals surface area contributed by atoms with Gasteiger partial charge in [-0.1, -0.05) is 19.2 Å². The highest BCUT2D eigenvalue weighted by molar-refractivity contribution is 5.72. The molecule has 0 spiro atoms. The maximum absolute atomic E-state index is 12.2. The van der Waals surface area contributed by atoms with Crippen LogP contribution in [0.2, 0.25) is 0 Å². The van der Waals surface area contributed by atoms with Gasteiger partial charge in [-0.3, -0.25) is 13.9 Å². The van der Waals surface area contributed by atoms with Gasteiger partial charge in [0.05, 0.1) is 0 Å². The second-order valence-corrected chi connectivity index (χ2v) is 3.92. The lowest BCUT2D eigenvalue weighted by molar-refractivity contribution is 0.324. The molecule has 19 heavy (non-hydrogen) atoms. The van der Waals surface area contributed by atoms with Crippen molar-refractivity contribution in [3.05, 3.63) is 40.1 Å². The van der Waals surface area contributed by atoms with Gasteiger partial charge in [0.2, 0.25) is 0 Å². The Kier molecular flexibility index (Phi) is 3.12. The molecule has 0 saturated carbocycles. The molecule has 0 radical (unpaired) electrons. The van der Waals surface area contributed by atoms with Crippen molar-refractivity contribution in [1.29, 1.82) is 0 Å². The van der Waals surface area contributed by atoms with Crippen molar-refractivity contribution in [3.63, 3.8) is 0 Å². The van der Waals surface area contributed by atoms with Gasteiger partial charge in [-0.15, -0.1) is 0 Å². The molecule has 0 unspecified atom stereocenters. The van der Waals surface area contributed by atoms with Gasteiger partial charge in [-0.25, -0.2) is 9.36 Å². The fourth-order valence-electron chi connectivity index (χ4n) is 1.81. The molecule has 2 rings (SSSR count). The number of imidazole rings is 1. The molecule has 0 fully saturated rings. The lowest BCUT2D eigenvalue weighted by atomic mass is 10.5. The van der Waals surface area contributed by atoms with Crippen LogP contribution in [0, 0.1) is 0 Å². The molecule has 0 aliphatic carbocycles. The van der Waals surface area contributed by atoms with Gasteiger partial charge in [0.25, 0.3) is 11.6 Å². The molecule has 7 heteroatoms. The average molecular weight is 262 g/mol. The summed E-state index contributed by atoms with van der Waals surface area (Å²) < 4.78 is 9.05. The van der Waals surface area contributed by atoms with Crippen molar-refractivity contribution < 1.29 is 4.74 Å². The molecule has 0 atom stereocenters. The highest BCUT2D eigenvalue weighted by Crippen LogP contribution is 2.15. The zero-order chi connectivity index (χ0) is 14.2. The van der Waals surface area contributed by atoms with Gasteiger partial charge in [0.15, 0.2) is 11.2 Å². The minimum atomic E-state index is -0.499. The molecule has 0 aliphatic heterocycles. The third-order valence-electron chi connectivity index (χ3n) is 2.78. The molecule has 0 amide bonds. The van der Waals surface area contributed by atoms with Crippen molar-refractivity contribution in [3.8, 4) is 6.01 Å². The Morgan fingerprint density at radius 3 is 2.53 bits per heavy atom. The van der Waals surface area contributed by atoms with Crippen LogP contribution in [0.3, 0.4) is 0 Å². The minimum Gasteiger partial charge on any atom is -0.460 e. The Hall–Kier alpha value is -2.57. The normalized spacial score (nSPS) is 10.6. The highest BCUT2D eigenvalue weighted by Gasteiger charge is 2.17. The Labute approximate surface area is 108 Å². The average Bonchev–Trinajstić information content (AvgIpc) is 2.72. The van der Waals surface area contributed by atoms with Gasteiger partial charge < -0.3 is 4.74 Å². The second kappa shape index (κ2) is 4.60. The summed E-state index contributed by atoms with van der Waals surface area (Å²) in [7, 11) is 3.18. The number of aromatic nitrogens is 4. The van der Waals surface area contributed by atoms with Crippen LogP contribution < -0.4 is 16.0 Å². The largest absolute Gasteiger partial charge is 0.460 e. The van der Waals surface area contributed by atoms with E-state index in [1.165, 1.54) is 22.4 Å². The summed E-state index contributed by atoms with van der Waals surface area (Å²) in [6.45, 7) is 7.27. The van der Waals surface area contributed by atoms with Crippen molar-refractivity contribution in [2.75, 3.05) is 6.61 Å². The lowest BCUT2D eigenvalue weighted by Gasteiger charge is -2.03. The first-order chi connectivity index (χ1) is 9.02. The standard InChI is InChI=1S/C12H14N4O3/c1-5-7-19-11-13-9-8(14(11)3)10(17)16(6-2)12(18)15(9)4/h5-6H,1-2,7H2,3-4H3. The van der Waals surface area contributed by atoms with E-state index in [1.54, 1.807) is 13.1 Å². The predicted octanol–water partition coefficient (Wildman–Crippen LogP) is 0.0990. The molecule has 100 valence electrons. The van der Waals surface area contributed by atoms with E-state index in [0.29, 0.717) is 0 Å². The monoisotopic (exact) mass is 262 g/mol. The summed E-state index contributed by atoms with van der Waals surface area (Å²) in [5, 5.41) is 0. The molecular formula is C12H14N4O3. The topological polar surface area (TPSA) is 71.1 Å². The maximum Gasteiger partial charge on any atom is 0.336 e. The molecule has 0 bridgehead atoms. The minimum absolute atomic E-state index is 0.254. The first-order valence-corrected chi connectivity index (χ1v) is 5.57. The molecule has 2 heterocycles. The van der Waals surface area contributed by atoms with Gasteiger partial charge in [0.1, 0.15) is 6.61 Å². The van der Waals surface area contributed by atoms with E-state index in [4.69, 9.17) is 4.74 Å². The summed E-state index contributed by atoms with van der Waals surface area (Å²) in [6.07, 6.45) is 2.75. The fraction of sp³-hybridized carbons (Fsp3) is 0.250. The van der Waals surface area contributed by atoms with Crippen molar-refractivity contribution in [2.24, 2.45) is 14.1 Å². The Bertz CT molecular complexity index is 779. The van der Waals surface area contributed by atoms with Crippen LogP contribution in [0.15, 0.2) is 28.8 Å². The van der Waals surface area contributed by atoms with Crippen LogP contribution in [-0.2, 0) is 14.1 Å². The number of ether oxygens (including phenoxy) is 1. The zero-order valence-corrected chi connectivity index (χ0v) is 10.8. The molecule has 0 aromatic carbocycles. The van der Waals surface area contributed by atoms with Gasteiger partial charge in [-0.05, 0) is 0 Å². The summed E-state index contributed by atoms with van der Waals surface area (Å²) >= 11 is 0. The molecule has 0 saturated heterocycles. The van der Waals surface area contributed by atoms with Gasteiger partial charge >= 0.3 is 5.69 Å². The first-order valence-electron chi connectivity index (χ1n) is 5.57. The summed E-state index contributed by atoms with van der Waals surface area (Å²) in [5.41, 5.74) is -0.423. The van der Waals surface area contributed by atoms with Gasteiger partial charge in [0, 0.05) is 20.3 Å². The predicted molar refractivity (Wildman–Crippen MR) is 72.3 cm³/mol. The van der Waals surface area contributed by atoms with Gasteiger partial charge in [-0.2, -0.15) is 4.98 Å². The smallest absolute Gasteiger partial charge is 0.336 e. The van der Waals surface area contributed by atoms with Crippen LogP contribution in [0.25, 0.3) is 17.4 Å². The van der Waals surface area contributed by atoms with E-state index in [2.05, 4.69) is 18.1 Å². The molecule has 7 nitrogen and oxygen atoms in total. The lowest BCUT2D eigenvalue weighted by Crippen LogP contribution is -2.36. The number of rotatable bonds is 4. The Morgan fingerprint density at radius 1 is 1.26 bits per heavy atom. The summed E-state index contributed by atoms with van der Waals surface area (Å²) in [4.78, 5) is 28.3. The van der Waals surface area contributed by atoms with Crippen LogP contribution in [0.5, 0.6) is 6.01 Å². The number of hydrogen-bond acceptors (Lipinski definition) is 4. The first kappa shape index (κ1) is 12.9. The number of hydrogen-bond donors (Lipinski definition) is 0. The van der Waals surface area contributed by atoms with Crippen molar-refractivity contribution in [1.82, 2.24) is 18.7 Å². The van der Waals surface area contributed by atoms with Crippen LogP contribution in [0.1, 0.15) is 0 Å². The molecule has 2 aromatic heterocycles. The number of nitrogens with zero attached hydrogens (tertiary/aromatic N) is 4. The quantitative estimate of drug-likeness (QED) is 0.733. The van der Waals surface area contributed by atoms with E-state index < -0.39 is 11.2 Å². The van der Waals surface area contributed by atoms with E-state index in [0.717, 1.165) is 4.57 Å². The van der Waals surface area contributed by atoms with Crippen molar-refractivity contribution >= 4 is 17.4 Å². The molecular weight excluding hydrogens is 248 g/mol. The Morgan fingerprint density at radius 2 is 1.95 bits per heavy atom. The van der Waals surface area contributed by atoms with Crippen molar-refractivity contribution in [2.45, 2.75) is 0 Å². The molecule has 0 N–H and O–H groups in total. The van der Waals surface area contributed by atoms with E-state index in [-0.39, 0.29) is 23.8 Å². The van der Waals surface area contributed by atoms with Crippen LogP contribution >= 0.6 is 0 Å². The maximum atomic E-state index is 12.2. The third-order valence-corrected chi connectivity index (χ3v) is 2.78. The SMILES string of the molecule is C=CCOc1nc2c(c(=O)n(C=C)c(=O)n2C)n1C. The number of aryl methyl sites for hydroxylation is 2. The number of fused-ring (bicyclic) bond motifs is 1. The Balaban J connectivity index is 2.88.